The fourth-order valence-electron chi connectivity index (χ4n) is 3.71. The number of carbonyl (C=O) groups is 1. The lowest BCUT2D eigenvalue weighted by Gasteiger charge is -2.34. The van der Waals surface area contributed by atoms with Crippen molar-refractivity contribution in [2.24, 2.45) is 0 Å². The van der Waals surface area contributed by atoms with Crippen LogP contribution in [-0.2, 0) is 13.0 Å². The molecule has 4 rings (SSSR count). The van der Waals surface area contributed by atoms with Crippen LogP contribution >= 0.6 is 0 Å². The van der Waals surface area contributed by atoms with Gasteiger partial charge in [-0.05, 0) is 29.7 Å². The van der Waals surface area contributed by atoms with E-state index in [4.69, 9.17) is 0 Å². The lowest BCUT2D eigenvalue weighted by molar-refractivity contribution is -0.173. The van der Waals surface area contributed by atoms with Gasteiger partial charge in [0.05, 0.1) is 30.7 Å². The highest BCUT2D eigenvalue weighted by molar-refractivity contribution is 5.98. The van der Waals surface area contributed by atoms with E-state index in [2.05, 4.69) is 20.7 Å². The van der Waals surface area contributed by atoms with Crippen LogP contribution in [0.1, 0.15) is 52.6 Å². The number of alkyl halides is 3. The highest BCUT2D eigenvalue weighted by Gasteiger charge is 2.47. The smallest absolute Gasteiger partial charge is 0.363 e. The fourth-order valence-corrected chi connectivity index (χ4v) is 3.71. The number of benzene rings is 1. The number of pyridine rings is 1. The molecule has 0 saturated carbocycles. The first-order valence-electron chi connectivity index (χ1n) is 10.1. The first kappa shape index (κ1) is 21.8. The quantitative estimate of drug-likeness (QED) is 0.562. The number of aryl methyl sites for hydroxylation is 1. The Morgan fingerprint density at radius 3 is 2.56 bits per heavy atom. The van der Waals surface area contributed by atoms with Crippen molar-refractivity contribution in [3.05, 3.63) is 77.0 Å². The summed E-state index contributed by atoms with van der Waals surface area (Å²) in [6.07, 6.45) is -1.81. The third-order valence-electron chi connectivity index (χ3n) is 5.49. The summed E-state index contributed by atoms with van der Waals surface area (Å²) in [7, 11) is 0. The summed E-state index contributed by atoms with van der Waals surface area (Å²) in [5.74, 6) is -1.10. The van der Waals surface area contributed by atoms with Crippen LogP contribution in [0.4, 0.5) is 23.4 Å². The summed E-state index contributed by atoms with van der Waals surface area (Å²) in [5, 5.41) is 9.51. The van der Waals surface area contributed by atoms with Gasteiger partial charge in [0, 0.05) is 6.42 Å². The molecule has 0 saturated heterocycles. The van der Waals surface area contributed by atoms with Gasteiger partial charge in [-0.1, -0.05) is 31.2 Å². The van der Waals surface area contributed by atoms with E-state index in [9.17, 15) is 22.4 Å². The van der Waals surface area contributed by atoms with Gasteiger partial charge >= 0.3 is 6.18 Å². The van der Waals surface area contributed by atoms with Gasteiger partial charge in [0.25, 0.3) is 5.91 Å². The second-order valence-electron chi connectivity index (χ2n) is 7.59. The van der Waals surface area contributed by atoms with Gasteiger partial charge in [-0.15, -0.1) is 0 Å². The van der Waals surface area contributed by atoms with Crippen molar-refractivity contribution >= 4 is 11.7 Å². The summed E-state index contributed by atoms with van der Waals surface area (Å²) in [4.78, 5) is 16.6. The number of carbonyl (C=O) groups excluding carboxylic acids is 1. The predicted molar refractivity (Wildman–Crippen MR) is 109 cm³/mol. The molecule has 10 heteroatoms. The molecule has 0 fully saturated rings. The van der Waals surface area contributed by atoms with Crippen molar-refractivity contribution in [2.75, 3.05) is 5.32 Å². The minimum absolute atomic E-state index is 0.00348. The second kappa shape index (κ2) is 8.60. The molecule has 0 unspecified atom stereocenters. The van der Waals surface area contributed by atoms with E-state index < -0.39 is 30.0 Å². The summed E-state index contributed by atoms with van der Waals surface area (Å²) < 4.78 is 55.2. The van der Waals surface area contributed by atoms with E-state index in [1.807, 2.05) is 19.1 Å². The Bertz CT molecular complexity index is 1090. The van der Waals surface area contributed by atoms with E-state index in [1.165, 1.54) is 12.1 Å². The maximum Gasteiger partial charge on any atom is 0.410 e. The van der Waals surface area contributed by atoms with Crippen LogP contribution in [0.3, 0.4) is 0 Å². The zero-order chi connectivity index (χ0) is 22.9. The Kier molecular flexibility index (Phi) is 5.86. The Hall–Kier alpha value is -3.43. The molecule has 1 aliphatic rings. The number of nitrogens with zero attached hydrogens (tertiary/aromatic N) is 3. The van der Waals surface area contributed by atoms with Crippen molar-refractivity contribution in [1.82, 2.24) is 20.1 Å². The first-order valence-corrected chi connectivity index (χ1v) is 10.1. The molecule has 1 aliphatic heterocycles. The van der Waals surface area contributed by atoms with Gasteiger partial charge in [0.15, 0.2) is 6.04 Å². The molecule has 32 heavy (non-hydrogen) atoms. The van der Waals surface area contributed by atoms with Crippen molar-refractivity contribution in [1.29, 1.82) is 0 Å². The van der Waals surface area contributed by atoms with Gasteiger partial charge in [-0.25, -0.2) is 9.07 Å². The Balaban J connectivity index is 1.60. The Labute approximate surface area is 181 Å². The van der Waals surface area contributed by atoms with Crippen molar-refractivity contribution in [2.45, 2.75) is 44.6 Å². The molecule has 2 N–H and O–H groups in total. The van der Waals surface area contributed by atoms with Crippen molar-refractivity contribution < 1.29 is 22.4 Å². The normalized spacial score (nSPS) is 18.0. The van der Waals surface area contributed by atoms with Crippen molar-refractivity contribution in [3.8, 4) is 0 Å². The summed E-state index contributed by atoms with van der Waals surface area (Å²) in [5.41, 5.74) is 2.19. The van der Waals surface area contributed by atoms with Crippen LogP contribution in [0.25, 0.3) is 0 Å². The van der Waals surface area contributed by atoms with E-state index in [0.29, 0.717) is 11.3 Å². The van der Waals surface area contributed by atoms with Crippen LogP contribution in [0.5, 0.6) is 0 Å². The van der Waals surface area contributed by atoms with Crippen LogP contribution in [0.15, 0.2) is 48.8 Å². The predicted octanol–water partition coefficient (Wildman–Crippen LogP) is 4.57. The van der Waals surface area contributed by atoms with Crippen LogP contribution in [0.2, 0.25) is 0 Å². The molecule has 6 nitrogen and oxygen atoms in total. The summed E-state index contributed by atoms with van der Waals surface area (Å²) in [6.45, 7) is 1.99. The van der Waals surface area contributed by atoms with Gasteiger partial charge in [0.1, 0.15) is 17.2 Å². The average Bonchev–Trinajstić information content (AvgIpc) is 3.21. The van der Waals surface area contributed by atoms with E-state index in [0.717, 1.165) is 29.1 Å². The van der Waals surface area contributed by atoms with E-state index >= 15 is 0 Å². The number of anilines is 1. The average molecular weight is 447 g/mol. The zero-order valence-electron chi connectivity index (χ0n) is 17.2. The molecule has 3 heterocycles. The molecule has 0 bridgehead atoms. The molecular weight excluding hydrogens is 426 g/mol. The number of aromatic nitrogens is 3. The Morgan fingerprint density at radius 2 is 1.94 bits per heavy atom. The monoisotopic (exact) mass is 447 g/mol. The minimum Gasteiger partial charge on any atom is -0.363 e. The molecule has 2 aromatic heterocycles. The van der Waals surface area contributed by atoms with Crippen molar-refractivity contribution in [3.63, 3.8) is 0 Å². The summed E-state index contributed by atoms with van der Waals surface area (Å²) in [6, 6.07) is 7.49. The molecule has 0 radical (unpaired) electrons. The van der Waals surface area contributed by atoms with Gasteiger partial charge in [-0.3, -0.25) is 9.78 Å². The number of hydrogen-bond donors (Lipinski definition) is 2. The first-order chi connectivity index (χ1) is 15.3. The molecule has 0 spiro atoms. The maximum absolute atomic E-state index is 13.8. The zero-order valence-corrected chi connectivity index (χ0v) is 17.2. The number of rotatable bonds is 5. The molecule has 2 atom stereocenters. The highest BCUT2D eigenvalue weighted by Crippen LogP contribution is 2.44. The van der Waals surface area contributed by atoms with E-state index in [-0.39, 0.29) is 24.3 Å². The molecule has 1 amide bonds. The number of fused-ring (bicyclic) bond motifs is 1. The number of halogens is 4. The highest BCUT2D eigenvalue weighted by atomic mass is 19.4. The molecule has 168 valence electrons. The number of nitrogens with one attached hydrogen (secondary N) is 2. The third kappa shape index (κ3) is 4.44. The molecular formula is C22H21F4N5O. The number of hydrogen-bond acceptors (Lipinski definition) is 4. The standard InChI is InChI=1S/C22H21F4N5O/c1-2-13-3-5-14(6-4-13)18-9-19(22(24,25)26)31-20(30-18)17(12-29-31)21(32)28-11-16-8-7-15(23)10-27-16/h3-8,10,12,18-19,30H,2,9,11H2,1H3,(H,28,32)/t18-,19+/m0/s1. The van der Waals surface area contributed by atoms with Gasteiger partial charge in [-0.2, -0.15) is 18.3 Å². The lowest BCUT2D eigenvalue weighted by Crippen LogP contribution is -2.36. The Morgan fingerprint density at radius 1 is 1.19 bits per heavy atom. The molecule has 3 aromatic rings. The second-order valence-corrected chi connectivity index (χ2v) is 7.59. The fraction of sp³-hybridized carbons (Fsp3) is 0.318. The van der Waals surface area contributed by atoms with Crippen LogP contribution in [0, 0.1) is 5.82 Å². The topological polar surface area (TPSA) is 71.8 Å². The lowest BCUT2D eigenvalue weighted by atomic mass is 9.95. The van der Waals surface area contributed by atoms with E-state index in [1.54, 1.807) is 12.1 Å². The molecule has 1 aromatic carbocycles. The SMILES string of the molecule is CCc1ccc([C@@H]2C[C@H](C(F)(F)F)n3ncc(C(=O)NCc4ccc(F)cn4)c3N2)cc1. The minimum atomic E-state index is -4.53. The largest absolute Gasteiger partial charge is 0.410 e. The van der Waals surface area contributed by atoms with Crippen LogP contribution < -0.4 is 10.6 Å². The van der Waals surface area contributed by atoms with Crippen LogP contribution in [-0.4, -0.2) is 26.8 Å². The van der Waals surface area contributed by atoms with Gasteiger partial charge in [0.2, 0.25) is 0 Å². The number of amides is 1. The van der Waals surface area contributed by atoms with Gasteiger partial charge < -0.3 is 10.6 Å². The maximum atomic E-state index is 13.8. The molecule has 0 aliphatic carbocycles. The third-order valence-corrected chi connectivity index (χ3v) is 5.49. The summed E-state index contributed by atoms with van der Waals surface area (Å²) >= 11 is 0.